The normalized spacial score (nSPS) is 29.3. The summed E-state index contributed by atoms with van der Waals surface area (Å²) in [6.07, 6.45) is 0.0298. The fourth-order valence-electron chi connectivity index (χ4n) is 3.76. The summed E-state index contributed by atoms with van der Waals surface area (Å²) >= 11 is 5.87. The van der Waals surface area contributed by atoms with E-state index in [2.05, 4.69) is 23.8 Å². The molecule has 2 saturated heterocycles. The third-order valence-corrected chi connectivity index (χ3v) is 5.03. The molecule has 0 unspecified atom stereocenters. The van der Waals surface area contributed by atoms with Gasteiger partial charge in [0.25, 0.3) is 0 Å². The highest BCUT2D eigenvalue weighted by Crippen LogP contribution is 2.31. The number of likely N-dealkylation sites (tertiary alicyclic amines) is 2. The molecule has 3 rings (SSSR count). The van der Waals surface area contributed by atoms with Crippen LogP contribution in [0.25, 0.3) is 0 Å². The molecule has 0 aliphatic carbocycles. The number of hydrogen-bond donors (Lipinski definition) is 0. The highest BCUT2D eigenvalue weighted by molar-refractivity contribution is 6.30. The average Bonchev–Trinajstić information content (AvgIpc) is 2.48. The molecular formula is C17H23ClN2O2. The SMILES string of the molecule is CCN1C[C@H]2CN(C)C[C@H](C1)C2OC(=O)c1ccc(Cl)cc1. The van der Waals surface area contributed by atoms with Crippen LogP contribution in [0.1, 0.15) is 17.3 Å². The molecule has 0 N–H and O–H groups in total. The van der Waals surface area contributed by atoms with Gasteiger partial charge in [0.1, 0.15) is 6.10 Å². The topological polar surface area (TPSA) is 32.8 Å². The summed E-state index contributed by atoms with van der Waals surface area (Å²) < 4.78 is 5.89. The van der Waals surface area contributed by atoms with E-state index in [1.165, 1.54) is 0 Å². The molecule has 120 valence electrons. The Morgan fingerprint density at radius 3 is 2.32 bits per heavy atom. The highest BCUT2D eigenvalue weighted by Gasteiger charge is 2.43. The molecule has 0 radical (unpaired) electrons. The number of fused-ring (bicyclic) bond motifs is 2. The number of esters is 1. The van der Waals surface area contributed by atoms with E-state index in [0.29, 0.717) is 22.4 Å². The fraction of sp³-hybridized carbons (Fsp3) is 0.588. The fourth-order valence-corrected chi connectivity index (χ4v) is 3.88. The van der Waals surface area contributed by atoms with Crippen molar-refractivity contribution < 1.29 is 9.53 Å². The third-order valence-electron chi connectivity index (χ3n) is 4.78. The summed E-state index contributed by atoms with van der Waals surface area (Å²) in [6.45, 7) is 7.26. The lowest BCUT2D eigenvalue weighted by molar-refractivity contribution is -0.0831. The van der Waals surface area contributed by atoms with Crippen LogP contribution < -0.4 is 0 Å². The van der Waals surface area contributed by atoms with Crippen LogP contribution in [-0.4, -0.2) is 61.6 Å². The molecule has 2 fully saturated rings. The molecule has 2 heterocycles. The zero-order chi connectivity index (χ0) is 15.7. The number of piperidine rings is 2. The van der Waals surface area contributed by atoms with Gasteiger partial charge in [-0.1, -0.05) is 18.5 Å². The van der Waals surface area contributed by atoms with Crippen LogP contribution in [0.4, 0.5) is 0 Å². The number of hydrogen-bond acceptors (Lipinski definition) is 4. The molecule has 2 aliphatic rings. The van der Waals surface area contributed by atoms with E-state index in [9.17, 15) is 4.79 Å². The maximum atomic E-state index is 12.4. The second-order valence-corrected chi connectivity index (χ2v) is 6.91. The Bertz CT molecular complexity index is 518. The van der Waals surface area contributed by atoms with Gasteiger partial charge in [0.2, 0.25) is 0 Å². The minimum atomic E-state index is -0.230. The van der Waals surface area contributed by atoms with Crippen molar-refractivity contribution in [3.8, 4) is 0 Å². The second kappa shape index (κ2) is 6.57. The molecular weight excluding hydrogens is 300 g/mol. The Labute approximate surface area is 137 Å². The van der Waals surface area contributed by atoms with Crippen LogP contribution in [-0.2, 0) is 4.74 Å². The second-order valence-electron chi connectivity index (χ2n) is 6.47. The molecule has 2 atom stereocenters. The predicted octanol–water partition coefficient (Wildman–Crippen LogP) is 2.38. The molecule has 5 heteroatoms. The van der Waals surface area contributed by atoms with Crippen molar-refractivity contribution in [2.24, 2.45) is 11.8 Å². The molecule has 2 aliphatic heterocycles. The Morgan fingerprint density at radius 1 is 1.18 bits per heavy atom. The lowest BCUT2D eigenvalue weighted by atomic mass is 9.81. The van der Waals surface area contributed by atoms with Gasteiger partial charge in [0.15, 0.2) is 0 Å². The van der Waals surface area contributed by atoms with E-state index in [1.54, 1.807) is 24.3 Å². The number of carbonyl (C=O) groups is 1. The largest absolute Gasteiger partial charge is 0.458 e. The molecule has 0 spiro atoms. The summed E-state index contributed by atoms with van der Waals surface area (Å²) in [5, 5.41) is 0.631. The van der Waals surface area contributed by atoms with Crippen LogP contribution in [0.2, 0.25) is 5.02 Å². The molecule has 1 aromatic rings. The first-order valence-electron chi connectivity index (χ1n) is 7.94. The zero-order valence-corrected chi connectivity index (χ0v) is 13.9. The summed E-state index contributed by atoms with van der Waals surface area (Å²) in [4.78, 5) is 17.2. The maximum absolute atomic E-state index is 12.4. The first-order chi connectivity index (χ1) is 10.6. The summed E-state index contributed by atoms with van der Waals surface area (Å²) in [6, 6.07) is 6.92. The maximum Gasteiger partial charge on any atom is 0.338 e. The highest BCUT2D eigenvalue weighted by atomic mass is 35.5. The molecule has 0 saturated carbocycles. The smallest absolute Gasteiger partial charge is 0.338 e. The standard InChI is InChI=1S/C17H23ClN2O2/c1-3-20-10-13-8-19(2)9-14(11-20)16(13)22-17(21)12-4-6-15(18)7-5-12/h4-7,13-14,16H,3,8-11H2,1-2H3/t13-,14-/m1/s1. The Kier molecular flexibility index (Phi) is 4.71. The Morgan fingerprint density at radius 2 is 1.77 bits per heavy atom. The summed E-state index contributed by atoms with van der Waals surface area (Å²) in [5.41, 5.74) is 0.578. The first kappa shape index (κ1) is 15.8. The lowest BCUT2D eigenvalue weighted by Crippen LogP contribution is -2.60. The predicted molar refractivity (Wildman–Crippen MR) is 87.2 cm³/mol. The van der Waals surface area contributed by atoms with Crippen LogP contribution in [0.15, 0.2) is 24.3 Å². The lowest BCUT2D eigenvalue weighted by Gasteiger charge is -2.49. The van der Waals surface area contributed by atoms with Crippen molar-refractivity contribution in [1.82, 2.24) is 9.80 Å². The zero-order valence-electron chi connectivity index (χ0n) is 13.2. The van der Waals surface area contributed by atoms with E-state index in [-0.39, 0.29) is 12.1 Å². The van der Waals surface area contributed by atoms with Crippen molar-refractivity contribution >= 4 is 17.6 Å². The number of nitrogens with zero attached hydrogens (tertiary/aromatic N) is 2. The number of benzene rings is 1. The van der Waals surface area contributed by atoms with Gasteiger partial charge in [-0.05, 0) is 37.9 Å². The Hall–Kier alpha value is -1.10. The van der Waals surface area contributed by atoms with Crippen molar-refractivity contribution in [1.29, 1.82) is 0 Å². The minimum Gasteiger partial charge on any atom is -0.458 e. The van der Waals surface area contributed by atoms with Gasteiger partial charge < -0.3 is 14.5 Å². The van der Waals surface area contributed by atoms with Gasteiger partial charge in [-0.3, -0.25) is 0 Å². The average molecular weight is 323 g/mol. The number of rotatable bonds is 3. The van der Waals surface area contributed by atoms with Crippen molar-refractivity contribution in [3.63, 3.8) is 0 Å². The van der Waals surface area contributed by atoms with Crippen LogP contribution in [0.3, 0.4) is 0 Å². The van der Waals surface area contributed by atoms with Gasteiger partial charge in [-0.2, -0.15) is 0 Å². The monoisotopic (exact) mass is 322 g/mol. The van der Waals surface area contributed by atoms with Crippen LogP contribution in [0.5, 0.6) is 0 Å². The molecule has 22 heavy (non-hydrogen) atoms. The van der Waals surface area contributed by atoms with Crippen molar-refractivity contribution in [2.75, 3.05) is 39.8 Å². The number of carbonyl (C=O) groups excluding carboxylic acids is 1. The first-order valence-corrected chi connectivity index (χ1v) is 8.32. The van der Waals surface area contributed by atoms with Gasteiger partial charge in [-0.15, -0.1) is 0 Å². The van der Waals surface area contributed by atoms with E-state index in [0.717, 1.165) is 32.7 Å². The van der Waals surface area contributed by atoms with Crippen molar-refractivity contribution in [3.05, 3.63) is 34.9 Å². The summed E-state index contributed by atoms with van der Waals surface area (Å²) in [7, 11) is 2.15. The van der Waals surface area contributed by atoms with E-state index in [4.69, 9.17) is 16.3 Å². The summed E-state index contributed by atoms with van der Waals surface area (Å²) in [5.74, 6) is 0.563. The van der Waals surface area contributed by atoms with E-state index >= 15 is 0 Å². The molecule has 0 aromatic heterocycles. The van der Waals surface area contributed by atoms with E-state index < -0.39 is 0 Å². The van der Waals surface area contributed by atoms with Gasteiger partial charge in [0.05, 0.1) is 5.56 Å². The Balaban J connectivity index is 1.71. The minimum absolute atomic E-state index is 0.0298. The quantitative estimate of drug-likeness (QED) is 0.800. The van der Waals surface area contributed by atoms with Crippen molar-refractivity contribution in [2.45, 2.75) is 13.0 Å². The molecule has 0 amide bonds. The van der Waals surface area contributed by atoms with E-state index in [1.807, 2.05) is 0 Å². The molecule has 4 nitrogen and oxygen atoms in total. The number of ether oxygens (including phenoxy) is 1. The third kappa shape index (κ3) is 3.29. The van der Waals surface area contributed by atoms with Gasteiger partial charge >= 0.3 is 5.97 Å². The van der Waals surface area contributed by atoms with Gasteiger partial charge in [0, 0.05) is 43.0 Å². The van der Waals surface area contributed by atoms with Crippen LogP contribution in [0, 0.1) is 11.8 Å². The van der Waals surface area contributed by atoms with Crippen LogP contribution >= 0.6 is 11.6 Å². The van der Waals surface area contributed by atoms with Gasteiger partial charge in [-0.25, -0.2) is 4.79 Å². The molecule has 1 aromatic carbocycles. The number of halogens is 1. The molecule has 2 bridgehead atoms.